The zero-order valence-electron chi connectivity index (χ0n) is 31.2. The highest BCUT2D eigenvalue weighted by molar-refractivity contribution is 7.86. The fraction of sp³-hybridized carbons (Fsp3) is 0.730. The van der Waals surface area contributed by atoms with Crippen molar-refractivity contribution in [2.45, 2.75) is 76.6 Å². The van der Waals surface area contributed by atoms with E-state index in [2.05, 4.69) is 0 Å². The van der Waals surface area contributed by atoms with Crippen LogP contribution in [0.5, 0.6) is 0 Å². The van der Waals surface area contributed by atoms with Crippen LogP contribution in [0.1, 0.15) is 48.0 Å². The van der Waals surface area contributed by atoms with Gasteiger partial charge in [0.1, 0.15) is 0 Å². The Bertz CT molecular complexity index is 1280. The van der Waals surface area contributed by atoms with E-state index in [9.17, 15) is 8.42 Å². The first-order valence-corrected chi connectivity index (χ1v) is 18.7. The lowest BCUT2D eigenvalue weighted by Crippen LogP contribution is -2.22. The van der Waals surface area contributed by atoms with E-state index in [4.69, 9.17) is 56.7 Å². The molecule has 14 nitrogen and oxygen atoms in total. The molecule has 2 atom stereocenters. The minimum Gasteiger partial charge on any atom is -0.394 e. The summed E-state index contributed by atoms with van der Waals surface area (Å²) in [6.45, 7) is 14.6. The maximum atomic E-state index is 12.3. The number of benzene rings is 2. The van der Waals surface area contributed by atoms with Gasteiger partial charge in [-0.2, -0.15) is 8.42 Å². The molecule has 2 aromatic carbocycles. The Balaban J connectivity index is 0.000000414. The highest BCUT2D eigenvalue weighted by atomic mass is 32.2. The second-order valence-corrected chi connectivity index (χ2v) is 14.0. The minimum atomic E-state index is -3.77. The topological polar surface area (TPSA) is 156 Å². The maximum Gasteiger partial charge on any atom is 0.296 e. The average Bonchev–Trinajstić information content (AvgIpc) is 3.64. The van der Waals surface area contributed by atoms with E-state index < -0.39 is 21.7 Å². The SMILES string of the molecule is C.CC1(C)OCC(CCOS(=O)(=O)c2ccc3ccccc3c2)O1.COCCOCCOCCC1COC(C)(C)O1.COCCOCCOCCO. The zero-order valence-corrected chi connectivity index (χ0v) is 32.0. The van der Waals surface area contributed by atoms with Crippen LogP contribution in [-0.4, -0.2) is 144 Å². The second-order valence-electron chi connectivity index (χ2n) is 12.4. The van der Waals surface area contributed by atoms with E-state index in [0.29, 0.717) is 85.7 Å². The number of hydrogen-bond donors (Lipinski definition) is 1. The van der Waals surface area contributed by atoms with Crippen LogP contribution < -0.4 is 0 Å². The fourth-order valence-electron chi connectivity index (χ4n) is 4.70. The molecular weight excluding hydrogens is 700 g/mol. The van der Waals surface area contributed by atoms with E-state index >= 15 is 0 Å². The lowest BCUT2D eigenvalue weighted by molar-refractivity contribution is -0.140. The Labute approximate surface area is 311 Å². The smallest absolute Gasteiger partial charge is 0.296 e. The van der Waals surface area contributed by atoms with Crippen LogP contribution in [0.4, 0.5) is 0 Å². The molecule has 4 rings (SSSR count). The van der Waals surface area contributed by atoms with Crippen molar-refractivity contribution in [1.29, 1.82) is 0 Å². The fourth-order valence-corrected chi connectivity index (χ4v) is 5.66. The van der Waals surface area contributed by atoms with Crippen LogP contribution in [0.25, 0.3) is 10.8 Å². The van der Waals surface area contributed by atoms with Gasteiger partial charge in [-0.1, -0.05) is 37.8 Å². The molecule has 2 unspecified atom stereocenters. The number of fused-ring (bicyclic) bond motifs is 1. The Hall–Kier alpha value is -1.83. The third-order valence-electron chi connectivity index (χ3n) is 7.25. The Kier molecular flexibility index (Phi) is 24.9. The van der Waals surface area contributed by atoms with Gasteiger partial charge in [0.2, 0.25) is 0 Å². The van der Waals surface area contributed by atoms with Gasteiger partial charge in [-0.3, -0.25) is 4.18 Å². The monoisotopic (exact) mass is 764 g/mol. The van der Waals surface area contributed by atoms with Gasteiger partial charge in [0.05, 0.1) is 103 Å². The van der Waals surface area contributed by atoms with Gasteiger partial charge in [-0.25, -0.2) is 0 Å². The highest BCUT2D eigenvalue weighted by Gasteiger charge is 2.33. The summed E-state index contributed by atoms with van der Waals surface area (Å²) >= 11 is 0. The van der Waals surface area contributed by atoms with Gasteiger partial charge in [0, 0.05) is 27.2 Å². The van der Waals surface area contributed by atoms with Gasteiger partial charge in [0.25, 0.3) is 10.1 Å². The quantitative estimate of drug-likeness (QED) is 0.131. The summed E-state index contributed by atoms with van der Waals surface area (Å²) in [7, 11) is -0.480. The van der Waals surface area contributed by atoms with Crippen molar-refractivity contribution in [1.82, 2.24) is 0 Å². The van der Waals surface area contributed by atoms with Crippen molar-refractivity contribution in [3.8, 4) is 0 Å². The minimum absolute atomic E-state index is 0. The zero-order chi connectivity index (χ0) is 37.4. The first-order chi connectivity index (χ1) is 24.4. The molecule has 302 valence electrons. The van der Waals surface area contributed by atoms with Crippen LogP contribution in [0.2, 0.25) is 0 Å². The predicted molar refractivity (Wildman–Crippen MR) is 197 cm³/mol. The van der Waals surface area contributed by atoms with Crippen LogP contribution in [0.3, 0.4) is 0 Å². The molecule has 2 aliphatic heterocycles. The normalized spacial score (nSPS) is 19.0. The molecule has 2 heterocycles. The van der Waals surface area contributed by atoms with Crippen LogP contribution in [-0.2, 0) is 61.7 Å². The molecule has 2 fully saturated rings. The summed E-state index contributed by atoms with van der Waals surface area (Å²) in [5.74, 6) is -1.05. The van der Waals surface area contributed by atoms with Crippen molar-refractivity contribution in [2.75, 3.05) is 107 Å². The first-order valence-electron chi connectivity index (χ1n) is 17.3. The molecule has 2 aromatic rings. The maximum absolute atomic E-state index is 12.3. The van der Waals surface area contributed by atoms with Crippen molar-refractivity contribution < 1.29 is 65.1 Å². The molecule has 0 spiro atoms. The van der Waals surface area contributed by atoms with E-state index in [1.165, 1.54) is 0 Å². The number of rotatable bonds is 22. The molecule has 2 aliphatic rings. The van der Waals surface area contributed by atoms with Gasteiger partial charge < -0.3 is 52.5 Å². The summed E-state index contributed by atoms with van der Waals surface area (Å²) in [5, 5.41) is 10.2. The largest absolute Gasteiger partial charge is 0.394 e. The molecule has 0 aliphatic carbocycles. The van der Waals surface area contributed by atoms with Crippen molar-refractivity contribution in [3.05, 3.63) is 42.5 Å². The summed E-state index contributed by atoms with van der Waals surface area (Å²) in [4.78, 5) is 0.167. The molecule has 0 saturated carbocycles. The van der Waals surface area contributed by atoms with Crippen LogP contribution in [0.15, 0.2) is 47.4 Å². The predicted octanol–water partition coefficient (Wildman–Crippen LogP) is 4.59. The number of ether oxygens (including phenoxy) is 10. The average molecular weight is 765 g/mol. The van der Waals surface area contributed by atoms with E-state index in [1.807, 2.05) is 52.0 Å². The van der Waals surface area contributed by atoms with Crippen molar-refractivity contribution in [3.63, 3.8) is 0 Å². The number of methoxy groups -OCH3 is 2. The molecule has 0 amide bonds. The summed E-state index contributed by atoms with van der Waals surface area (Å²) in [6, 6.07) is 12.6. The lowest BCUT2D eigenvalue weighted by atomic mass is 10.1. The van der Waals surface area contributed by atoms with E-state index in [-0.39, 0.29) is 37.7 Å². The van der Waals surface area contributed by atoms with Crippen LogP contribution >= 0.6 is 0 Å². The number of aliphatic hydroxyl groups excluding tert-OH is 1. The van der Waals surface area contributed by atoms with Gasteiger partial charge >= 0.3 is 0 Å². The molecule has 2 saturated heterocycles. The van der Waals surface area contributed by atoms with E-state index in [1.54, 1.807) is 32.4 Å². The molecule has 52 heavy (non-hydrogen) atoms. The Morgan fingerprint density at radius 3 is 1.60 bits per heavy atom. The van der Waals surface area contributed by atoms with E-state index in [0.717, 1.165) is 17.2 Å². The van der Waals surface area contributed by atoms with Gasteiger partial charge in [-0.05, 0) is 57.0 Å². The van der Waals surface area contributed by atoms with Crippen molar-refractivity contribution in [2.24, 2.45) is 0 Å². The molecule has 15 heteroatoms. The Morgan fingerprint density at radius 2 is 1.12 bits per heavy atom. The number of hydrogen-bond acceptors (Lipinski definition) is 14. The lowest BCUT2D eigenvalue weighted by Gasteiger charge is -2.17. The second kappa shape index (κ2) is 26.9. The summed E-state index contributed by atoms with van der Waals surface area (Å²) in [5.41, 5.74) is 0. The third kappa shape index (κ3) is 21.2. The number of aliphatic hydroxyl groups is 1. The van der Waals surface area contributed by atoms with Crippen molar-refractivity contribution >= 4 is 20.9 Å². The molecule has 0 bridgehead atoms. The molecule has 0 aromatic heterocycles. The molecular formula is C37H64O14S. The Morgan fingerprint density at radius 1 is 0.654 bits per heavy atom. The van der Waals surface area contributed by atoms with Gasteiger partial charge in [0.15, 0.2) is 11.6 Å². The molecule has 0 radical (unpaired) electrons. The molecule has 1 N–H and O–H groups in total. The first kappa shape index (κ1) is 48.2. The summed E-state index contributed by atoms with van der Waals surface area (Å²) in [6.07, 6.45) is 1.34. The standard InChI is InChI=1S/C17H20O5S.C12H24O5.C7H16O4.CH4/c1-17(2)20-12-15(22-17)9-10-21-23(18,19)16-8-7-13-5-3-4-6-14(13)11-16;1-12(2)16-10-11(17-12)4-5-14-8-9-15-7-6-13-3;1-9-4-5-11-7-6-10-3-2-8;/h3-8,11,15H,9-10,12H2,1-2H3;11H,4-10H2,1-3H3;8H,2-7H2,1H3;1H4. The highest BCUT2D eigenvalue weighted by Crippen LogP contribution is 2.26. The van der Waals surface area contributed by atoms with Gasteiger partial charge in [-0.15, -0.1) is 0 Å². The van der Waals surface area contributed by atoms with Crippen LogP contribution in [0, 0.1) is 0 Å². The summed E-state index contributed by atoms with van der Waals surface area (Å²) < 4.78 is 82.3. The third-order valence-corrected chi connectivity index (χ3v) is 8.56.